The Morgan fingerprint density at radius 2 is 1.63 bits per heavy atom. The van der Waals surface area contributed by atoms with Crippen molar-refractivity contribution in [3.8, 4) is 5.75 Å². The molecule has 1 amide bonds. The molecule has 4 aromatic rings. The van der Waals surface area contributed by atoms with Gasteiger partial charge in [0, 0.05) is 28.7 Å². The molecular weight excluding hydrogens is 536 g/mol. The highest BCUT2D eigenvalue weighted by molar-refractivity contribution is 5.99. The Bertz CT molecular complexity index is 1640. The Labute approximate surface area is 256 Å². The van der Waals surface area contributed by atoms with Crippen molar-refractivity contribution in [2.24, 2.45) is 5.92 Å². The number of carboxylic acids is 1. The molecule has 1 aromatic heterocycles. The van der Waals surface area contributed by atoms with Gasteiger partial charge in [-0.2, -0.15) is 0 Å². The number of carbonyl (C=O) groups excluding carboxylic acids is 1. The number of aromatic nitrogens is 1. The molecule has 0 aliphatic carbocycles. The van der Waals surface area contributed by atoms with Crippen LogP contribution in [0, 0.1) is 12.8 Å². The van der Waals surface area contributed by atoms with Crippen molar-refractivity contribution in [2.75, 3.05) is 0 Å². The highest BCUT2D eigenvalue weighted by atomic mass is 16.5. The molecule has 1 atom stereocenters. The third-order valence-corrected chi connectivity index (χ3v) is 8.03. The van der Waals surface area contributed by atoms with Crippen molar-refractivity contribution >= 4 is 22.8 Å². The van der Waals surface area contributed by atoms with Gasteiger partial charge in [0.1, 0.15) is 5.75 Å². The van der Waals surface area contributed by atoms with E-state index in [9.17, 15) is 14.7 Å². The van der Waals surface area contributed by atoms with Gasteiger partial charge in [0.25, 0.3) is 5.91 Å². The highest BCUT2D eigenvalue weighted by Crippen LogP contribution is 2.32. The number of nitrogens with zero attached hydrogens (tertiary/aromatic N) is 1. The van der Waals surface area contributed by atoms with Crippen LogP contribution in [-0.2, 0) is 23.2 Å². The second-order valence-corrected chi connectivity index (χ2v) is 13.6. The number of hydrogen-bond donors (Lipinski definition) is 2. The van der Waals surface area contributed by atoms with Crippen molar-refractivity contribution in [2.45, 2.75) is 92.3 Å². The molecule has 228 valence electrons. The van der Waals surface area contributed by atoms with Gasteiger partial charge in [-0.3, -0.25) is 4.79 Å². The zero-order chi connectivity index (χ0) is 31.7. The van der Waals surface area contributed by atoms with E-state index in [1.165, 1.54) is 11.1 Å². The SMILES string of the molecule is Cc1c(Cc2cccc(OC(C)(C)C(=O)O)c2)c2ccc(C(=O)N[C@@H](C)c3cccc(C(C)(C)C)c3)cc2n1CC(C)C. The van der Waals surface area contributed by atoms with Crippen LogP contribution < -0.4 is 10.1 Å². The molecule has 2 N–H and O–H groups in total. The molecule has 0 unspecified atom stereocenters. The lowest BCUT2D eigenvalue weighted by molar-refractivity contribution is -0.152. The molecule has 0 aliphatic rings. The van der Waals surface area contributed by atoms with E-state index in [1.54, 1.807) is 19.9 Å². The molecule has 4 rings (SSSR count). The Hall–Kier alpha value is -4.06. The Morgan fingerprint density at radius 1 is 0.930 bits per heavy atom. The number of nitrogens with one attached hydrogen (secondary N) is 1. The summed E-state index contributed by atoms with van der Waals surface area (Å²) < 4.78 is 8.11. The summed E-state index contributed by atoms with van der Waals surface area (Å²) in [5.41, 5.74) is 6.07. The molecule has 0 spiro atoms. The van der Waals surface area contributed by atoms with Gasteiger partial charge in [0.15, 0.2) is 5.60 Å². The largest absolute Gasteiger partial charge is 0.478 e. The van der Waals surface area contributed by atoms with E-state index in [4.69, 9.17) is 4.74 Å². The van der Waals surface area contributed by atoms with E-state index in [2.05, 4.69) is 81.8 Å². The third kappa shape index (κ3) is 7.30. The molecule has 0 fully saturated rings. The van der Waals surface area contributed by atoms with Gasteiger partial charge >= 0.3 is 5.97 Å². The number of ether oxygens (including phenoxy) is 1. The van der Waals surface area contributed by atoms with Crippen LogP contribution in [0.1, 0.15) is 99.7 Å². The van der Waals surface area contributed by atoms with Crippen LogP contribution in [0.2, 0.25) is 0 Å². The van der Waals surface area contributed by atoms with Gasteiger partial charge in [-0.05, 0) is 92.0 Å². The molecule has 43 heavy (non-hydrogen) atoms. The standard InChI is InChI=1S/C37H46N2O4/c1-23(2)22-39-25(4)32(19-26-12-10-15-30(18-26)43-37(8,9)35(41)42)31-17-16-28(21-33(31)39)34(40)38-24(3)27-13-11-14-29(20-27)36(5,6)7/h10-18,20-21,23-24H,19,22H2,1-9H3,(H,38,40)(H,41,42)/t24-/m0/s1. The van der Waals surface area contributed by atoms with Crippen molar-refractivity contribution in [1.82, 2.24) is 9.88 Å². The summed E-state index contributed by atoms with van der Waals surface area (Å²) in [6.07, 6.45) is 0.658. The maximum atomic E-state index is 13.5. The summed E-state index contributed by atoms with van der Waals surface area (Å²) >= 11 is 0. The first-order valence-electron chi connectivity index (χ1n) is 15.1. The second kappa shape index (κ2) is 12.3. The second-order valence-electron chi connectivity index (χ2n) is 13.6. The average molecular weight is 583 g/mol. The van der Waals surface area contributed by atoms with Gasteiger partial charge in [-0.15, -0.1) is 0 Å². The minimum absolute atomic E-state index is 0.0333. The van der Waals surface area contributed by atoms with Crippen LogP contribution >= 0.6 is 0 Å². The molecule has 1 heterocycles. The van der Waals surface area contributed by atoms with Gasteiger partial charge < -0.3 is 19.7 Å². The lowest BCUT2D eigenvalue weighted by Gasteiger charge is -2.22. The fourth-order valence-electron chi connectivity index (χ4n) is 5.41. The van der Waals surface area contributed by atoms with E-state index in [0.29, 0.717) is 23.7 Å². The fourth-order valence-corrected chi connectivity index (χ4v) is 5.41. The van der Waals surface area contributed by atoms with Gasteiger partial charge in [0.05, 0.1) is 6.04 Å². The fraction of sp³-hybridized carbons (Fsp3) is 0.405. The average Bonchev–Trinajstić information content (AvgIpc) is 3.17. The summed E-state index contributed by atoms with van der Waals surface area (Å²) in [5, 5.41) is 13.8. The number of hydrogen-bond acceptors (Lipinski definition) is 3. The van der Waals surface area contributed by atoms with E-state index in [-0.39, 0.29) is 17.4 Å². The van der Waals surface area contributed by atoms with E-state index in [1.807, 2.05) is 37.3 Å². The van der Waals surface area contributed by atoms with Crippen LogP contribution in [-0.4, -0.2) is 27.2 Å². The maximum absolute atomic E-state index is 13.5. The highest BCUT2D eigenvalue weighted by Gasteiger charge is 2.29. The predicted octanol–water partition coefficient (Wildman–Crippen LogP) is 8.23. The molecule has 3 aromatic carbocycles. The normalized spacial score (nSPS) is 12.9. The van der Waals surface area contributed by atoms with Crippen molar-refractivity contribution in [3.05, 3.63) is 100 Å². The maximum Gasteiger partial charge on any atom is 0.347 e. The minimum atomic E-state index is -1.33. The molecule has 0 aliphatic heterocycles. The van der Waals surface area contributed by atoms with E-state index in [0.717, 1.165) is 34.3 Å². The monoisotopic (exact) mass is 582 g/mol. The van der Waals surface area contributed by atoms with Crippen molar-refractivity contribution < 1.29 is 19.4 Å². The molecule has 0 bridgehead atoms. The van der Waals surface area contributed by atoms with Gasteiger partial charge in [-0.25, -0.2) is 4.79 Å². The molecule has 6 heteroatoms. The first kappa shape index (κ1) is 31.9. The number of aliphatic carboxylic acids is 1. The minimum Gasteiger partial charge on any atom is -0.478 e. The summed E-state index contributed by atoms with van der Waals surface area (Å²) in [6.45, 7) is 19.0. The Kier molecular flexibility index (Phi) is 9.10. The van der Waals surface area contributed by atoms with Crippen LogP contribution in [0.5, 0.6) is 5.75 Å². The number of carbonyl (C=O) groups is 2. The van der Waals surface area contributed by atoms with Gasteiger partial charge in [0.2, 0.25) is 0 Å². The van der Waals surface area contributed by atoms with Crippen LogP contribution in [0.4, 0.5) is 0 Å². The first-order chi connectivity index (χ1) is 20.1. The number of carboxylic acid groups (broad SMARTS) is 1. The lowest BCUT2D eigenvalue weighted by Crippen LogP contribution is -2.37. The van der Waals surface area contributed by atoms with Crippen molar-refractivity contribution in [3.63, 3.8) is 0 Å². The van der Waals surface area contributed by atoms with Gasteiger partial charge in [-0.1, -0.05) is 77.1 Å². The smallest absolute Gasteiger partial charge is 0.347 e. The summed E-state index contributed by atoms with van der Waals surface area (Å²) in [7, 11) is 0. The summed E-state index contributed by atoms with van der Waals surface area (Å²) in [4.78, 5) is 25.1. The molecule has 6 nitrogen and oxygen atoms in total. The quantitative estimate of drug-likeness (QED) is 0.197. The third-order valence-electron chi connectivity index (χ3n) is 8.03. The lowest BCUT2D eigenvalue weighted by atomic mass is 9.85. The molecule has 0 saturated heterocycles. The number of fused-ring (bicyclic) bond motifs is 1. The molecular formula is C37H46N2O4. The molecule has 0 radical (unpaired) electrons. The van der Waals surface area contributed by atoms with Crippen LogP contribution in [0.3, 0.4) is 0 Å². The Balaban J connectivity index is 1.65. The van der Waals surface area contributed by atoms with E-state index < -0.39 is 11.6 Å². The van der Waals surface area contributed by atoms with Crippen LogP contribution in [0.25, 0.3) is 10.9 Å². The van der Waals surface area contributed by atoms with E-state index >= 15 is 0 Å². The molecule has 0 saturated carbocycles. The zero-order valence-electron chi connectivity index (χ0n) is 27.0. The summed E-state index contributed by atoms with van der Waals surface area (Å²) in [5.74, 6) is -0.171. The number of benzene rings is 3. The first-order valence-corrected chi connectivity index (χ1v) is 15.1. The zero-order valence-corrected chi connectivity index (χ0v) is 27.0. The van der Waals surface area contributed by atoms with Crippen LogP contribution in [0.15, 0.2) is 66.7 Å². The predicted molar refractivity (Wildman–Crippen MR) is 174 cm³/mol. The Morgan fingerprint density at radius 3 is 2.28 bits per heavy atom. The summed E-state index contributed by atoms with van der Waals surface area (Å²) in [6, 6.07) is 21.9. The van der Waals surface area contributed by atoms with Crippen molar-refractivity contribution in [1.29, 1.82) is 0 Å². The topological polar surface area (TPSA) is 80.6 Å². The number of amides is 1. The number of rotatable bonds is 10.